The summed E-state index contributed by atoms with van der Waals surface area (Å²) in [5.74, 6) is 1.91. The lowest BCUT2D eigenvalue weighted by Crippen LogP contribution is -2.65. The van der Waals surface area contributed by atoms with E-state index < -0.39 is 5.60 Å². The van der Waals surface area contributed by atoms with Gasteiger partial charge in [-0.1, -0.05) is 18.7 Å². The van der Waals surface area contributed by atoms with Gasteiger partial charge >= 0.3 is 0 Å². The third-order valence-electron chi connectivity index (χ3n) is 7.18. The van der Waals surface area contributed by atoms with Crippen LogP contribution in [0.25, 0.3) is 0 Å². The highest BCUT2D eigenvalue weighted by Crippen LogP contribution is 2.73. The van der Waals surface area contributed by atoms with E-state index in [9.17, 15) is 5.11 Å². The fourth-order valence-corrected chi connectivity index (χ4v) is 6.41. The highest BCUT2D eigenvalue weighted by atomic mass is 16.5. The molecule has 5 rings (SSSR count). The Balaban J connectivity index is 1.78. The SMILES string of the molecule is C=CCN(C)[C@H]1C2C[C@@]34c5c2ccc(OC)c5OC3C(=C)CC[C@]14O. The van der Waals surface area contributed by atoms with Crippen LogP contribution in [0.15, 0.2) is 36.9 Å². The summed E-state index contributed by atoms with van der Waals surface area (Å²) < 4.78 is 12.0. The zero-order valence-corrected chi connectivity index (χ0v) is 14.9. The summed E-state index contributed by atoms with van der Waals surface area (Å²) in [5.41, 5.74) is 2.42. The molecule has 2 fully saturated rings. The van der Waals surface area contributed by atoms with Crippen LogP contribution in [-0.4, -0.2) is 48.5 Å². The molecule has 25 heavy (non-hydrogen) atoms. The maximum atomic E-state index is 12.0. The Morgan fingerprint density at radius 2 is 2.28 bits per heavy atom. The van der Waals surface area contributed by atoms with Crippen LogP contribution in [0.4, 0.5) is 0 Å². The first-order valence-corrected chi connectivity index (χ1v) is 9.09. The molecule has 1 aromatic carbocycles. The number of fused-ring (bicyclic) bond motifs is 2. The number of likely N-dealkylation sites (N-methyl/N-ethyl adjacent to an activating group) is 1. The minimum atomic E-state index is -0.800. The van der Waals surface area contributed by atoms with E-state index in [0.717, 1.165) is 42.9 Å². The Morgan fingerprint density at radius 1 is 1.48 bits per heavy atom. The Kier molecular flexibility index (Phi) is 2.90. The summed E-state index contributed by atoms with van der Waals surface area (Å²) >= 11 is 0. The molecule has 0 aromatic heterocycles. The first-order valence-electron chi connectivity index (χ1n) is 9.09. The Morgan fingerprint density at radius 3 is 3.00 bits per heavy atom. The van der Waals surface area contributed by atoms with E-state index in [0.29, 0.717) is 5.92 Å². The summed E-state index contributed by atoms with van der Waals surface area (Å²) in [6.45, 7) is 8.95. The van der Waals surface area contributed by atoms with E-state index in [1.54, 1.807) is 7.11 Å². The Bertz CT molecular complexity index is 803. The van der Waals surface area contributed by atoms with E-state index in [1.807, 2.05) is 12.1 Å². The van der Waals surface area contributed by atoms with Gasteiger partial charge in [0.25, 0.3) is 0 Å². The molecule has 132 valence electrons. The third-order valence-corrected chi connectivity index (χ3v) is 7.18. The molecule has 2 bridgehead atoms. The first kappa shape index (κ1) is 15.5. The molecule has 4 heteroatoms. The maximum absolute atomic E-state index is 12.0. The Hall–Kier alpha value is -1.78. The number of benzene rings is 1. The zero-order valence-electron chi connectivity index (χ0n) is 14.9. The lowest BCUT2D eigenvalue weighted by atomic mass is 9.57. The molecule has 0 radical (unpaired) electrons. The molecular formula is C21H25NO3. The summed E-state index contributed by atoms with van der Waals surface area (Å²) in [4.78, 5) is 2.27. The average molecular weight is 339 g/mol. The van der Waals surface area contributed by atoms with E-state index in [1.165, 1.54) is 11.1 Å². The van der Waals surface area contributed by atoms with Gasteiger partial charge in [0.15, 0.2) is 11.5 Å². The predicted octanol–water partition coefficient (Wildman–Crippen LogP) is 2.76. The van der Waals surface area contributed by atoms with Gasteiger partial charge in [-0.2, -0.15) is 0 Å². The number of rotatable bonds is 4. The van der Waals surface area contributed by atoms with Crippen molar-refractivity contribution in [2.75, 3.05) is 20.7 Å². The van der Waals surface area contributed by atoms with Gasteiger partial charge in [0.05, 0.1) is 18.1 Å². The molecule has 1 N–H and O–H groups in total. The molecule has 2 unspecified atom stereocenters. The number of hydrogen-bond donors (Lipinski definition) is 1. The van der Waals surface area contributed by atoms with Crippen LogP contribution in [0.3, 0.4) is 0 Å². The maximum Gasteiger partial charge on any atom is 0.166 e. The van der Waals surface area contributed by atoms with Gasteiger partial charge in [0.1, 0.15) is 6.10 Å². The van der Waals surface area contributed by atoms with Crippen molar-refractivity contribution in [2.45, 2.75) is 48.3 Å². The van der Waals surface area contributed by atoms with Crippen LogP contribution >= 0.6 is 0 Å². The summed E-state index contributed by atoms with van der Waals surface area (Å²) in [5, 5.41) is 12.0. The largest absolute Gasteiger partial charge is 0.493 e. The van der Waals surface area contributed by atoms with Crippen LogP contribution in [-0.2, 0) is 5.41 Å². The van der Waals surface area contributed by atoms with Crippen molar-refractivity contribution in [2.24, 2.45) is 0 Å². The van der Waals surface area contributed by atoms with Crippen LogP contribution in [0, 0.1) is 0 Å². The van der Waals surface area contributed by atoms with Gasteiger partial charge < -0.3 is 14.6 Å². The van der Waals surface area contributed by atoms with Crippen molar-refractivity contribution in [1.82, 2.24) is 4.90 Å². The summed E-state index contributed by atoms with van der Waals surface area (Å²) in [6.07, 6.45) is 4.24. The van der Waals surface area contributed by atoms with Gasteiger partial charge in [-0.15, -0.1) is 6.58 Å². The normalized spacial score (nSPS) is 39.5. The molecule has 1 spiro atoms. The number of ether oxygens (including phenoxy) is 2. The minimum absolute atomic E-state index is 0.0801. The van der Waals surface area contributed by atoms with Gasteiger partial charge in [-0.3, -0.25) is 4.90 Å². The number of aliphatic hydroxyl groups is 1. The number of hydrogen-bond acceptors (Lipinski definition) is 4. The molecule has 1 aliphatic heterocycles. The second kappa shape index (κ2) is 4.68. The van der Waals surface area contributed by atoms with Crippen LogP contribution in [0.5, 0.6) is 11.5 Å². The third kappa shape index (κ3) is 1.48. The highest BCUT2D eigenvalue weighted by Gasteiger charge is 2.77. The smallest absolute Gasteiger partial charge is 0.166 e. The van der Waals surface area contributed by atoms with Gasteiger partial charge in [0.2, 0.25) is 0 Å². The molecule has 5 atom stereocenters. The van der Waals surface area contributed by atoms with Gasteiger partial charge in [-0.05, 0) is 43.5 Å². The fraction of sp³-hybridized carbons (Fsp3) is 0.524. The molecular weight excluding hydrogens is 314 g/mol. The summed E-state index contributed by atoms with van der Waals surface area (Å²) in [6, 6.07) is 4.26. The number of nitrogens with zero attached hydrogens (tertiary/aromatic N) is 1. The van der Waals surface area contributed by atoms with E-state index in [2.05, 4.69) is 31.2 Å². The van der Waals surface area contributed by atoms with Crippen molar-refractivity contribution in [3.05, 3.63) is 48.1 Å². The van der Waals surface area contributed by atoms with E-state index in [4.69, 9.17) is 9.47 Å². The van der Waals surface area contributed by atoms with Crippen LogP contribution < -0.4 is 9.47 Å². The quantitative estimate of drug-likeness (QED) is 0.857. The fourth-order valence-electron chi connectivity index (χ4n) is 6.41. The topological polar surface area (TPSA) is 41.9 Å². The lowest BCUT2D eigenvalue weighted by Gasteiger charge is -2.53. The average Bonchev–Trinajstić information content (AvgIpc) is 3.20. The van der Waals surface area contributed by atoms with Crippen LogP contribution in [0.2, 0.25) is 0 Å². The second-order valence-corrected chi connectivity index (χ2v) is 8.10. The molecule has 4 aliphatic rings. The standard InChI is InChI=1S/C21H25NO3/c1-5-10-22(3)18-14-11-20-16-13(14)6-7-15(24-4)17(16)25-19(20)12(2)8-9-21(18,20)23/h5-7,14,18-19,23H,1-2,8-11H2,3-4H3/t14?,18-,19?,20+,21-/m0/s1. The van der Waals surface area contributed by atoms with Crippen LogP contribution in [0.1, 0.15) is 36.3 Å². The monoisotopic (exact) mass is 339 g/mol. The molecule has 2 saturated carbocycles. The lowest BCUT2D eigenvalue weighted by molar-refractivity contribution is -0.106. The molecule has 3 aliphatic carbocycles. The van der Waals surface area contributed by atoms with Crippen molar-refractivity contribution < 1.29 is 14.6 Å². The van der Waals surface area contributed by atoms with Crippen molar-refractivity contribution in [3.63, 3.8) is 0 Å². The molecule has 1 aromatic rings. The van der Waals surface area contributed by atoms with Gasteiger partial charge in [-0.25, -0.2) is 0 Å². The van der Waals surface area contributed by atoms with Gasteiger partial charge in [0, 0.05) is 24.1 Å². The predicted molar refractivity (Wildman–Crippen MR) is 96.4 cm³/mol. The van der Waals surface area contributed by atoms with E-state index >= 15 is 0 Å². The molecule has 4 nitrogen and oxygen atoms in total. The molecule has 0 saturated heterocycles. The Labute approximate surface area is 148 Å². The molecule has 0 amide bonds. The van der Waals surface area contributed by atoms with E-state index in [-0.39, 0.29) is 17.6 Å². The summed E-state index contributed by atoms with van der Waals surface area (Å²) in [7, 11) is 3.77. The van der Waals surface area contributed by atoms with Crippen molar-refractivity contribution in [3.8, 4) is 11.5 Å². The molecule has 1 heterocycles. The first-order chi connectivity index (χ1) is 12.0. The highest BCUT2D eigenvalue weighted by molar-refractivity contribution is 5.68. The number of methoxy groups -OCH3 is 1. The van der Waals surface area contributed by atoms with Crippen molar-refractivity contribution in [1.29, 1.82) is 0 Å². The second-order valence-electron chi connectivity index (χ2n) is 8.10. The van der Waals surface area contributed by atoms with Crippen molar-refractivity contribution >= 4 is 0 Å². The minimum Gasteiger partial charge on any atom is -0.493 e. The zero-order chi connectivity index (χ0) is 17.6.